The lowest BCUT2D eigenvalue weighted by Gasteiger charge is -2.26. The van der Waals surface area contributed by atoms with E-state index in [1.807, 2.05) is 42.8 Å². The van der Waals surface area contributed by atoms with E-state index in [9.17, 15) is 4.57 Å². The first-order valence-corrected chi connectivity index (χ1v) is 7.49. The molecule has 88 valence electrons. The second-order valence-electron chi connectivity index (χ2n) is 3.67. The van der Waals surface area contributed by atoms with E-state index in [2.05, 4.69) is 0 Å². The van der Waals surface area contributed by atoms with E-state index >= 15 is 0 Å². The predicted molar refractivity (Wildman–Crippen MR) is 66.2 cm³/mol. The Morgan fingerprint density at radius 2 is 2.00 bits per heavy atom. The third-order valence-corrected chi connectivity index (χ3v) is 6.45. The van der Waals surface area contributed by atoms with Crippen molar-refractivity contribution in [3.05, 3.63) is 29.8 Å². The minimum Gasteiger partial charge on any atom is -0.431 e. The summed E-state index contributed by atoms with van der Waals surface area (Å²) in [5, 5.41) is -0.552. The van der Waals surface area contributed by atoms with Crippen LogP contribution in [-0.2, 0) is 4.57 Å². The maximum atomic E-state index is 12.7. The minimum absolute atomic E-state index is 0.552. The summed E-state index contributed by atoms with van der Waals surface area (Å²) < 4.78 is 20.1. The zero-order chi connectivity index (χ0) is 11.8. The van der Waals surface area contributed by atoms with Crippen LogP contribution in [0, 0.1) is 0 Å². The Hall–Kier alpha value is -0.500. The Labute approximate surface area is 101 Å². The number of para-hydroxylation sites is 1. The van der Waals surface area contributed by atoms with Crippen molar-refractivity contribution < 1.29 is 9.09 Å². The molecule has 0 fully saturated rings. The minimum atomic E-state index is -2.95. The molecule has 0 saturated carbocycles. The molecule has 0 bridgehead atoms. The number of hydrogen-bond donors (Lipinski definition) is 0. The molecular formula is C11H15ClNO2P. The molecule has 0 aliphatic carbocycles. The summed E-state index contributed by atoms with van der Waals surface area (Å²) in [6.45, 7) is 5.26. The molecule has 0 spiro atoms. The highest BCUT2D eigenvalue weighted by Gasteiger charge is 2.47. The van der Waals surface area contributed by atoms with E-state index in [1.54, 1.807) is 0 Å². The van der Waals surface area contributed by atoms with Crippen LogP contribution in [0.3, 0.4) is 0 Å². The number of fused-ring (bicyclic) bond motifs is 1. The number of nitrogens with zero attached hydrogens (tertiary/aromatic N) is 1. The second-order valence-corrected chi connectivity index (χ2v) is 6.80. The van der Waals surface area contributed by atoms with E-state index in [0.29, 0.717) is 18.8 Å². The molecule has 0 amide bonds. The van der Waals surface area contributed by atoms with Crippen LogP contribution >= 0.6 is 19.1 Å². The number of benzene rings is 1. The van der Waals surface area contributed by atoms with Gasteiger partial charge in [0.2, 0.25) is 0 Å². The van der Waals surface area contributed by atoms with E-state index in [1.165, 1.54) is 0 Å². The van der Waals surface area contributed by atoms with Crippen LogP contribution in [0.5, 0.6) is 5.75 Å². The van der Waals surface area contributed by atoms with Gasteiger partial charge in [0.1, 0.15) is 5.75 Å². The van der Waals surface area contributed by atoms with Crippen LogP contribution < -0.4 is 4.52 Å². The second kappa shape index (κ2) is 4.40. The molecular weight excluding hydrogens is 245 g/mol. The van der Waals surface area contributed by atoms with Crippen molar-refractivity contribution in [3.8, 4) is 5.75 Å². The number of hydrogen-bond acceptors (Lipinski definition) is 2. The normalized spacial score (nSPS) is 27.9. The summed E-state index contributed by atoms with van der Waals surface area (Å²) in [6.07, 6.45) is 0. The van der Waals surface area contributed by atoms with Gasteiger partial charge in [0.05, 0.1) is 0 Å². The molecule has 1 aliphatic rings. The molecule has 1 heterocycles. The first kappa shape index (κ1) is 12.0. The average Bonchev–Trinajstić information content (AvgIpc) is 2.54. The van der Waals surface area contributed by atoms with E-state index in [-0.39, 0.29) is 0 Å². The van der Waals surface area contributed by atoms with Crippen LogP contribution in [0.4, 0.5) is 0 Å². The molecule has 1 aromatic carbocycles. The van der Waals surface area contributed by atoms with Crippen LogP contribution in [0.2, 0.25) is 0 Å². The summed E-state index contributed by atoms with van der Waals surface area (Å²) in [7, 11) is -2.95. The Morgan fingerprint density at radius 3 is 2.56 bits per heavy atom. The van der Waals surface area contributed by atoms with Crippen molar-refractivity contribution in [2.75, 3.05) is 13.1 Å². The zero-order valence-corrected chi connectivity index (χ0v) is 11.0. The summed E-state index contributed by atoms with van der Waals surface area (Å²) in [5.74, 6) is 0.651. The van der Waals surface area contributed by atoms with Gasteiger partial charge in [-0.3, -0.25) is 4.57 Å². The topological polar surface area (TPSA) is 29.5 Å². The van der Waals surface area contributed by atoms with Crippen molar-refractivity contribution in [1.29, 1.82) is 0 Å². The van der Waals surface area contributed by atoms with Gasteiger partial charge in [0, 0.05) is 18.7 Å². The summed E-state index contributed by atoms with van der Waals surface area (Å²) in [6, 6.07) is 7.43. The highest BCUT2D eigenvalue weighted by atomic mass is 35.5. The van der Waals surface area contributed by atoms with E-state index in [0.717, 1.165) is 5.56 Å². The van der Waals surface area contributed by atoms with Crippen LogP contribution in [-0.4, -0.2) is 17.8 Å². The first-order chi connectivity index (χ1) is 7.63. The van der Waals surface area contributed by atoms with Crippen LogP contribution in [0.15, 0.2) is 24.3 Å². The van der Waals surface area contributed by atoms with Gasteiger partial charge >= 0.3 is 7.52 Å². The number of rotatable bonds is 3. The van der Waals surface area contributed by atoms with Gasteiger partial charge in [-0.25, -0.2) is 4.67 Å². The third-order valence-electron chi connectivity index (χ3n) is 2.82. The van der Waals surface area contributed by atoms with E-state index < -0.39 is 12.6 Å². The lowest BCUT2D eigenvalue weighted by molar-refractivity contribution is 0.378. The lowest BCUT2D eigenvalue weighted by atomic mass is 10.2. The lowest BCUT2D eigenvalue weighted by Crippen LogP contribution is -2.22. The largest absolute Gasteiger partial charge is 0.431 e. The Bertz CT molecular complexity index is 434. The fraction of sp³-hybridized carbons (Fsp3) is 0.455. The summed E-state index contributed by atoms with van der Waals surface area (Å²) in [4.78, 5) is 0. The standard InChI is InChI=1S/C11H15ClNO2P/c1-3-13(4-2)16(14)11(12)9-7-5-6-8-10(9)15-16/h5-8,11H,3-4H2,1-2H3. The van der Waals surface area contributed by atoms with Crippen molar-refractivity contribution in [3.63, 3.8) is 0 Å². The molecule has 2 rings (SSSR count). The molecule has 2 unspecified atom stereocenters. The fourth-order valence-electron chi connectivity index (χ4n) is 1.94. The Kier molecular flexibility index (Phi) is 3.29. The summed E-state index contributed by atoms with van der Waals surface area (Å²) >= 11 is 6.27. The van der Waals surface area contributed by atoms with Gasteiger partial charge in [-0.2, -0.15) is 0 Å². The quantitative estimate of drug-likeness (QED) is 0.610. The van der Waals surface area contributed by atoms with Gasteiger partial charge in [-0.05, 0) is 6.07 Å². The first-order valence-electron chi connectivity index (χ1n) is 5.41. The maximum absolute atomic E-state index is 12.7. The van der Waals surface area contributed by atoms with Crippen LogP contribution in [0.25, 0.3) is 0 Å². The van der Waals surface area contributed by atoms with Gasteiger partial charge in [0.25, 0.3) is 0 Å². The predicted octanol–water partition coefficient (Wildman–Crippen LogP) is 3.85. The maximum Gasteiger partial charge on any atom is 0.341 e. The van der Waals surface area contributed by atoms with Gasteiger partial charge in [-0.15, -0.1) is 11.6 Å². The Morgan fingerprint density at radius 1 is 1.38 bits per heavy atom. The molecule has 2 atom stereocenters. The van der Waals surface area contributed by atoms with Gasteiger partial charge in [0.15, 0.2) is 5.12 Å². The molecule has 0 radical (unpaired) electrons. The van der Waals surface area contributed by atoms with E-state index in [4.69, 9.17) is 16.1 Å². The molecule has 1 aromatic rings. The Balaban J connectivity index is 2.40. The molecule has 3 nitrogen and oxygen atoms in total. The fourth-order valence-corrected chi connectivity index (χ4v) is 4.91. The monoisotopic (exact) mass is 259 g/mol. The third kappa shape index (κ3) is 1.67. The number of alkyl halides is 1. The van der Waals surface area contributed by atoms with Crippen molar-refractivity contribution in [2.24, 2.45) is 0 Å². The summed E-state index contributed by atoms with van der Waals surface area (Å²) in [5.41, 5.74) is 0.833. The van der Waals surface area contributed by atoms with Gasteiger partial charge < -0.3 is 4.52 Å². The van der Waals surface area contributed by atoms with Crippen LogP contribution in [0.1, 0.15) is 24.5 Å². The zero-order valence-electron chi connectivity index (χ0n) is 9.39. The molecule has 0 saturated heterocycles. The van der Waals surface area contributed by atoms with Gasteiger partial charge in [-0.1, -0.05) is 32.0 Å². The van der Waals surface area contributed by atoms with Crippen molar-refractivity contribution in [1.82, 2.24) is 4.67 Å². The smallest absolute Gasteiger partial charge is 0.341 e. The van der Waals surface area contributed by atoms with Crippen molar-refractivity contribution >= 4 is 19.1 Å². The molecule has 0 N–H and O–H groups in total. The molecule has 0 aromatic heterocycles. The molecule has 16 heavy (non-hydrogen) atoms. The molecule has 5 heteroatoms. The number of halogens is 1. The molecule has 1 aliphatic heterocycles. The highest BCUT2D eigenvalue weighted by molar-refractivity contribution is 7.59. The van der Waals surface area contributed by atoms with Crippen molar-refractivity contribution in [2.45, 2.75) is 19.0 Å². The SMILES string of the molecule is CCN(CC)P1(=O)Oc2ccccc2C1Cl. The average molecular weight is 260 g/mol. The highest BCUT2D eigenvalue weighted by Crippen LogP contribution is 2.70.